The Bertz CT molecular complexity index is 964. The Kier molecular flexibility index (Phi) is 5.38. The minimum Gasteiger partial charge on any atom is -0.398 e. The summed E-state index contributed by atoms with van der Waals surface area (Å²) in [6.07, 6.45) is 0.517. The molecule has 1 unspecified atom stereocenters. The van der Waals surface area contributed by atoms with Gasteiger partial charge in [0.25, 0.3) is 0 Å². The molecule has 3 rings (SSSR count). The van der Waals surface area contributed by atoms with Crippen LogP contribution in [0.15, 0.2) is 18.2 Å². The van der Waals surface area contributed by atoms with Crippen LogP contribution in [-0.2, 0) is 6.42 Å². The second-order valence-electron chi connectivity index (χ2n) is 6.97. The fourth-order valence-corrected chi connectivity index (χ4v) is 3.13. The van der Waals surface area contributed by atoms with E-state index in [1.54, 1.807) is 12.1 Å². The molecule has 0 aliphatic carbocycles. The number of anilines is 3. The van der Waals surface area contributed by atoms with Crippen molar-refractivity contribution in [3.63, 3.8) is 0 Å². The van der Waals surface area contributed by atoms with Crippen molar-refractivity contribution in [1.82, 2.24) is 19.5 Å². The molecule has 2 aromatic heterocycles. The van der Waals surface area contributed by atoms with Crippen molar-refractivity contribution in [2.45, 2.75) is 39.3 Å². The Morgan fingerprint density at radius 1 is 1.15 bits per heavy atom. The molecule has 3 aromatic rings. The van der Waals surface area contributed by atoms with E-state index in [4.69, 9.17) is 33.8 Å². The highest BCUT2D eigenvalue weighted by atomic mass is 35.5. The highest BCUT2D eigenvalue weighted by Gasteiger charge is 2.19. The molecule has 0 aliphatic rings. The van der Waals surface area contributed by atoms with E-state index in [-0.39, 0.29) is 12.1 Å². The molecule has 144 valence electrons. The fraction of sp³-hybridized carbons (Fsp3) is 0.389. The predicted molar refractivity (Wildman–Crippen MR) is 111 cm³/mol. The van der Waals surface area contributed by atoms with E-state index in [9.17, 15) is 0 Å². The summed E-state index contributed by atoms with van der Waals surface area (Å²) in [5.41, 5.74) is 20.9. The zero-order chi connectivity index (χ0) is 19.7. The Morgan fingerprint density at radius 2 is 1.89 bits per heavy atom. The van der Waals surface area contributed by atoms with Gasteiger partial charge in [0, 0.05) is 35.8 Å². The smallest absolute Gasteiger partial charge is 0.226 e. The summed E-state index contributed by atoms with van der Waals surface area (Å²) >= 11 is 6.13. The van der Waals surface area contributed by atoms with Crippen LogP contribution < -0.4 is 22.5 Å². The molecule has 9 heteroatoms. The monoisotopic (exact) mass is 388 g/mol. The zero-order valence-corrected chi connectivity index (χ0v) is 16.5. The number of benzene rings is 1. The Balaban J connectivity index is 2.09. The van der Waals surface area contributed by atoms with E-state index < -0.39 is 0 Å². The quantitative estimate of drug-likeness (QED) is 0.476. The number of nitrogens with two attached hydrogens (primary N) is 3. The first-order valence-electron chi connectivity index (χ1n) is 8.84. The average molecular weight is 389 g/mol. The molecular weight excluding hydrogens is 364 g/mol. The number of fused-ring (bicyclic) bond motifs is 1. The topological polar surface area (TPSA) is 134 Å². The highest BCUT2D eigenvalue weighted by molar-refractivity contribution is 6.30. The van der Waals surface area contributed by atoms with Gasteiger partial charge in [-0.2, -0.15) is 9.97 Å². The summed E-state index contributed by atoms with van der Waals surface area (Å²) < 4.78 is 2.05. The van der Waals surface area contributed by atoms with Crippen LogP contribution in [0.3, 0.4) is 0 Å². The number of hydrogen-bond donors (Lipinski definition) is 4. The van der Waals surface area contributed by atoms with Crippen LogP contribution in [-0.4, -0.2) is 32.1 Å². The molecule has 0 aliphatic heterocycles. The van der Waals surface area contributed by atoms with E-state index in [2.05, 4.69) is 29.1 Å². The third kappa shape index (κ3) is 4.06. The third-order valence-electron chi connectivity index (χ3n) is 4.19. The van der Waals surface area contributed by atoms with Crippen molar-refractivity contribution in [2.24, 2.45) is 5.73 Å². The van der Waals surface area contributed by atoms with Crippen LogP contribution in [0.2, 0.25) is 5.02 Å². The van der Waals surface area contributed by atoms with Gasteiger partial charge in [-0.3, -0.25) is 0 Å². The van der Waals surface area contributed by atoms with Gasteiger partial charge in [-0.25, -0.2) is 4.98 Å². The number of rotatable bonds is 6. The second kappa shape index (κ2) is 7.58. The first-order valence-corrected chi connectivity index (χ1v) is 9.21. The summed E-state index contributed by atoms with van der Waals surface area (Å²) in [7, 11) is 0. The number of hydrogen-bond acceptors (Lipinski definition) is 7. The molecule has 0 radical (unpaired) electrons. The maximum absolute atomic E-state index is 6.15. The van der Waals surface area contributed by atoms with Gasteiger partial charge in [-0.15, -0.1) is 0 Å². The van der Waals surface area contributed by atoms with Crippen LogP contribution in [0.25, 0.3) is 11.2 Å². The normalized spacial score (nSPS) is 12.7. The molecule has 0 amide bonds. The first kappa shape index (κ1) is 19.2. The Labute approximate surface area is 163 Å². The van der Waals surface area contributed by atoms with Gasteiger partial charge in [0.1, 0.15) is 5.82 Å². The van der Waals surface area contributed by atoms with Gasteiger partial charge in [-0.1, -0.05) is 11.6 Å². The van der Waals surface area contributed by atoms with Crippen molar-refractivity contribution in [3.8, 4) is 0 Å². The highest BCUT2D eigenvalue weighted by Crippen LogP contribution is 2.27. The maximum atomic E-state index is 6.15. The molecule has 0 saturated carbocycles. The van der Waals surface area contributed by atoms with Gasteiger partial charge in [0.15, 0.2) is 17.0 Å². The summed E-state index contributed by atoms with van der Waals surface area (Å²) in [6, 6.07) is 5.52. The van der Waals surface area contributed by atoms with E-state index in [1.807, 2.05) is 17.6 Å². The molecule has 8 nitrogen and oxygen atoms in total. The minimum atomic E-state index is -0.0260. The maximum Gasteiger partial charge on any atom is 0.226 e. The molecule has 1 aromatic carbocycles. The average Bonchev–Trinajstić information content (AvgIpc) is 2.95. The SMILES string of the molecule is CC(N)CNc1nc(N)c2nc(Cc3cc(Cl)ccc3N)n(C(C)C)c2n1. The molecule has 2 heterocycles. The van der Waals surface area contributed by atoms with Crippen molar-refractivity contribution < 1.29 is 0 Å². The van der Waals surface area contributed by atoms with Gasteiger partial charge in [0.05, 0.1) is 0 Å². The van der Waals surface area contributed by atoms with Crippen LogP contribution in [0.4, 0.5) is 17.5 Å². The lowest BCUT2D eigenvalue weighted by molar-refractivity contribution is 0.587. The van der Waals surface area contributed by atoms with Crippen LogP contribution in [0, 0.1) is 0 Å². The number of nitrogens with one attached hydrogen (secondary N) is 1. The number of nitrogen functional groups attached to an aromatic ring is 2. The lowest BCUT2D eigenvalue weighted by Crippen LogP contribution is -2.26. The lowest BCUT2D eigenvalue weighted by Gasteiger charge is -2.14. The third-order valence-corrected chi connectivity index (χ3v) is 4.43. The minimum absolute atomic E-state index is 0.0260. The Hall–Kier alpha value is -2.58. The number of nitrogens with zero attached hydrogens (tertiary/aromatic N) is 4. The standard InChI is InChI=1S/C18H25ClN8/c1-9(2)27-14(7-11-6-12(19)4-5-13(11)21)24-15-16(22)25-18(26-17(15)27)23-8-10(3)20/h4-6,9-10H,7-8,20-21H2,1-3H3,(H3,22,23,25,26). The van der Waals surface area contributed by atoms with Gasteiger partial charge in [-0.05, 0) is 44.5 Å². The van der Waals surface area contributed by atoms with Crippen LogP contribution >= 0.6 is 11.6 Å². The van der Waals surface area contributed by atoms with Crippen molar-refractivity contribution in [1.29, 1.82) is 0 Å². The second-order valence-corrected chi connectivity index (χ2v) is 7.41. The van der Waals surface area contributed by atoms with Gasteiger partial charge < -0.3 is 27.1 Å². The summed E-state index contributed by atoms with van der Waals surface area (Å²) in [4.78, 5) is 13.6. The number of imidazole rings is 1. The largest absolute Gasteiger partial charge is 0.398 e. The van der Waals surface area contributed by atoms with E-state index in [0.29, 0.717) is 46.6 Å². The van der Waals surface area contributed by atoms with Gasteiger partial charge in [0.2, 0.25) is 5.95 Å². The van der Waals surface area contributed by atoms with E-state index >= 15 is 0 Å². The fourth-order valence-electron chi connectivity index (χ4n) is 2.94. The lowest BCUT2D eigenvalue weighted by atomic mass is 10.1. The molecule has 0 saturated heterocycles. The first-order chi connectivity index (χ1) is 12.8. The molecule has 0 fully saturated rings. The number of aromatic nitrogens is 4. The van der Waals surface area contributed by atoms with Crippen LogP contribution in [0.5, 0.6) is 0 Å². The zero-order valence-electron chi connectivity index (χ0n) is 15.7. The molecular formula is C18H25ClN8. The van der Waals surface area contributed by atoms with Crippen molar-refractivity contribution >= 4 is 40.2 Å². The van der Waals surface area contributed by atoms with Crippen molar-refractivity contribution in [2.75, 3.05) is 23.3 Å². The van der Waals surface area contributed by atoms with E-state index in [1.165, 1.54) is 0 Å². The molecule has 1 atom stereocenters. The predicted octanol–water partition coefficient (Wildman–Crippen LogP) is 2.57. The molecule has 0 spiro atoms. The molecule has 0 bridgehead atoms. The summed E-state index contributed by atoms with van der Waals surface area (Å²) in [6.45, 7) is 6.59. The molecule has 7 N–H and O–H groups in total. The number of halogens is 1. The summed E-state index contributed by atoms with van der Waals surface area (Å²) in [5.74, 6) is 1.57. The van der Waals surface area contributed by atoms with Gasteiger partial charge >= 0.3 is 0 Å². The molecule has 27 heavy (non-hydrogen) atoms. The van der Waals surface area contributed by atoms with E-state index in [0.717, 1.165) is 11.4 Å². The summed E-state index contributed by atoms with van der Waals surface area (Å²) in [5, 5.41) is 3.75. The van der Waals surface area contributed by atoms with Crippen molar-refractivity contribution in [3.05, 3.63) is 34.6 Å². The van der Waals surface area contributed by atoms with Crippen LogP contribution in [0.1, 0.15) is 38.2 Å². The Morgan fingerprint density at radius 3 is 2.56 bits per heavy atom.